The van der Waals surface area contributed by atoms with Crippen LogP contribution in [0.25, 0.3) is 10.9 Å². The number of nitrogens with zero attached hydrogens (tertiary/aromatic N) is 3. The molecule has 1 aliphatic heterocycles. The highest BCUT2D eigenvalue weighted by molar-refractivity contribution is 7.89. The Hall–Kier alpha value is -2.68. The molecule has 3 aromatic rings. The summed E-state index contributed by atoms with van der Waals surface area (Å²) in [6.07, 6.45) is 0. The summed E-state index contributed by atoms with van der Waals surface area (Å²) in [5.41, 5.74) is 7.56. The van der Waals surface area contributed by atoms with Crippen molar-refractivity contribution < 1.29 is 8.42 Å². The molecule has 152 valence electrons. The Morgan fingerprint density at radius 3 is 2.38 bits per heavy atom. The number of hydrogen-bond donors (Lipinski definition) is 2. The van der Waals surface area contributed by atoms with Crippen molar-refractivity contribution in [2.45, 2.75) is 4.90 Å². The van der Waals surface area contributed by atoms with Gasteiger partial charge in [0.2, 0.25) is 10.0 Å². The largest absolute Gasteiger partial charge is 0.383 e. The van der Waals surface area contributed by atoms with Crippen LogP contribution in [-0.4, -0.2) is 57.0 Å². The average Bonchev–Trinajstić information content (AvgIpc) is 2.78. The molecule has 0 aliphatic carbocycles. The maximum atomic E-state index is 12.8. The third-order valence-corrected chi connectivity index (χ3v) is 7.02. The van der Waals surface area contributed by atoms with Crippen LogP contribution in [0, 0.1) is 0 Å². The van der Waals surface area contributed by atoms with Crippen LogP contribution in [0.3, 0.4) is 0 Å². The molecular weight excluding hydrogens is 386 g/mol. The van der Waals surface area contributed by atoms with Crippen molar-refractivity contribution in [3.05, 3.63) is 60.7 Å². The number of anilines is 2. The Bertz CT molecular complexity index is 1080. The Labute approximate surface area is 171 Å². The molecule has 3 N–H and O–H groups in total. The maximum Gasteiger partial charge on any atom is 0.243 e. The van der Waals surface area contributed by atoms with Crippen LogP contribution in [0.15, 0.2) is 65.6 Å². The Kier molecular flexibility index (Phi) is 5.66. The first kappa shape index (κ1) is 19.6. The molecule has 29 heavy (non-hydrogen) atoms. The molecular formula is C21H25N5O2S. The van der Waals surface area contributed by atoms with Crippen LogP contribution in [0.5, 0.6) is 0 Å². The Morgan fingerprint density at radius 2 is 1.66 bits per heavy atom. The smallest absolute Gasteiger partial charge is 0.243 e. The number of fused-ring (bicyclic) bond motifs is 1. The Balaban J connectivity index is 1.55. The van der Waals surface area contributed by atoms with Crippen LogP contribution in [0.4, 0.5) is 11.5 Å². The molecule has 2 heterocycles. The highest BCUT2D eigenvalue weighted by Crippen LogP contribution is 2.28. The lowest BCUT2D eigenvalue weighted by Gasteiger charge is -2.35. The number of nitrogens with one attached hydrogen (secondary N) is 1. The molecule has 1 aromatic heterocycles. The number of para-hydroxylation sites is 1. The molecule has 2 aromatic carbocycles. The van der Waals surface area contributed by atoms with E-state index in [1.807, 2.05) is 36.4 Å². The van der Waals surface area contributed by atoms with E-state index in [-0.39, 0.29) is 0 Å². The van der Waals surface area contributed by atoms with Gasteiger partial charge in [-0.15, -0.1) is 0 Å². The molecule has 1 fully saturated rings. The molecule has 0 bridgehead atoms. The summed E-state index contributed by atoms with van der Waals surface area (Å²) in [6.45, 7) is 3.26. The first-order valence-electron chi connectivity index (χ1n) is 9.73. The number of benzene rings is 2. The minimum absolute atomic E-state index is 0.338. The molecule has 0 saturated carbocycles. The molecule has 1 saturated heterocycles. The number of sulfonamides is 1. The molecule has 0 spiro atoms. The minimum Gasteiger partial charge on any atom is -0.383 e. The van der Waals surface area contributed by atoms with Crippen LogP contribution < -0.4 is 16.0 Å². The van der Waals surface area contributed by atoms with Crippen molar-refractivity contribution >= 4 is 32.4 Å². The van der Waals surface area contributed by atoms with Crippen molar-refractivity contribution in [1.82, 2.24) is 9.29 Å². The maximum absolute atomic E-state index is 12.8. The molecule has 0 radical (unpaired) electrons. The van der Waals surface area contributed by atoms with Gasteiger partial charge in [-0.25, -0.2) is 13.4 Å². The van der Waals surface area contributed by atoms with E-state index in [1.54, 1.807) is 28.6 Å². The zero-order valence-corrected chi connectivity index (χ0v) is 17.0. The Morgan fingerprint density at radius 1 is 0.966 bits per heavy atom. The van der Waals surface area contributed by atoms with Crippen molar-refractivity contribution in [3.8, 4) is 0 Å². The number of piperazine rings is 1. The van der Waals surface area contributed by atoms with E-state index in [0.29, 0.717) is 44.2 Å². The van der Waals surface area contributed by atoms with Crippen molar-refractivity contribution in [2.24, 2.45) is 5.73 Å². The fourth-order valence-electron chi connectivity index (χ4n) is 3.58. The fourth-order valence-corrected chi connectivity index (χ4v) is 5.02. The van der Waals surface area contributed by atoms with Gasteiger partial charge in [0.1, 0.15) is 5.82 Å². The summed E-state index contributed by atoms with van der Waals surface area (Å²) < 4.78 is 27.2. The summed E-state index contributed by atoms with van der Waals surface area (Å²) in [5.74, 6) is 0.847. The normalized spacial score (nSPS) is 15.6. The van der Waals surface area contributed by atoms with Gasteiger partial charge in [-0.3, -0.25) is 0 Å². The first-order valence-corrected chi connectivity index (χ1v) is 11.2. The molecule has 7 nitrogen and oxygen atoms in total. The quantitative estimate of drug-likeness (QED) is 0.646. The van der Waals surface area contributed by atoms with Gasteiger partial charge in [0.25, 0.3) is 0 Å². The van der Waals surface area contributed by atoms with Gasteiger partial charge in [0.15, 0.2) is 0 Å². The molecule has 0 unspecified atom stereocenters. The molecule has 1 aliphatic rings. The van der Waals surface area contributed by atoms with Gasteiger partial charge in [0.05, 0.1) is 10.4 Å². The predicted molar refractivity (Wildman–Crippen MR) is 117 cm³/mol. The topological polar surface area (TPSA) is 91.6 Å². The summed E-state index contributed by atoms with van der Waals surface area (Å²) in [4.78, 5) is 7.27. The van der Waals surface area contributed by atoms with E-state index >= 15 is 0 Å². The lowest BCUT2D eigenvalue weighted by atomic mass is 10.1. The second-order valence-electron chi connectivity index (χ2n) is 6.96. The van der Waals surface area contributed by atoms with Crippen molar-refractivity contribution in [2.75, 3.05) is 49.5 Å². The summed E-state index contributed by atoms with van der Waals surface area (Å²) in [5, 5.41) is 4.42. The van der Waals surface area contributed by atoms with E-state index in [4.69, 9.17) is 10.7 Å². The summed E-state index contributed by atoms with van der Waals surface area (Å²) >= 11 is 0. The standard InChI is InChI=1S/C21H25N5O2S/c22-10-11-23-20-16-21(24-19-9-5-4-8-18(19)20)25-12-14-26(15-13-25)29(27,28)17-6-2-1-3-7-17/h1-9,16H,10-15,22H2,(H,23,24). The van der Waals surface area contributed by atoms with Gasteiger partial charge >= 0.3 is 0 Å². The number of pyridine rings is 1. The van der Waals surface area contributed by atoms with Gasteiger partial charge in [-0.2, -0.15) is 4.31 Å². The molecule has 4 rings (SSSR count). The summed E-state index contributed by atoms with van der Waals surface area (Å²) in [6, 6.07) is 18.6. The molecule has 0 atom stereocenters. The lowest BCUT2D eigenvalue weighted by molar-refractivity contribution is 0.384. The van der Waals surface area contributed by atoms with Gasteiger partial charge < -0.3 is 16.0 Å². The number of hydrogen-bond acceptors (Lipinski definition) is 6. The highest BCUT2D eigenvalue weighted by Gasteiger charge is 2.29. The second kappa shape index (κ2) is 8.36. The monoisotopic (exact) mass is 411 g/mol. The van der Waals surface area contributed by atoms with E-state index < -0.39 is 10.0 Å². The van der Waals surface area contributed by atoms with E-state index in [9.17, 15) is 8.42 Å². The lowest BCUT2D eigenvalue weighted by Crippen LogP contribution is -2.48. The molecule has 0 amide bonds. The van der Waals surface area contributed by atoms with Gasteiger partial charge in [-0.1, -0.05) is 36.4 Å². The van der Waals surface area contributed by atoms with Crippen molar-refractivity contribution in [3.63, 3.8) is 0 Å². The number of nitrogens with two attached hydrogens (primary N) is 1. The van der Waals surface area contributed by atoms with E-state index in [2.05, 4.69) is 10.2 Å². The molecule has 8 heteroatoms. The van der Waals surface area contributed by atoms with Crippen LogP contribution >= 0.6 is 0 Å². The average molecular weight is 412 g/mol. The second-order valence-corrected chi connectivity index (χ2v) is 8.90. The van der Waals surface area contributed by atoms with Gasteiger partial charge in [0, 0.05) is 56.4 Å². The zero-order chi connectivity index (χ0) is 20.3. The number of rotatable bonds is 6. The SMILES string of the molecule is NCCNc1cc(N2CCN(S(=O)(=O)c3ccccc3)CC2)nc2ccccc12. The van der Waals surface area contributed by atoms with Crippen LogP contribution in [0.2, 0.25) is 0 Å². The van der Waals surface area contributed by atoms with Crippen molar-refractivity contribution in [1.29, 1.82) is 0 Å². The third-order valence-electron chi connectivity index (χ3n) is 5.11. The summed E-state index contributed by atoms with van der Waals surface area (Å²) in [7, 11) is -3.46. The first-order chi connectivity index (χ1) is 14.1. The zero-order valence-electron chi connectivity index (χ0n) is 16.2. The predicted octanol–water partition coefficient (Wildman–Crippen LogP) is 2.12. The third kappa shape index (κ3) is 4.05. The van der Waals surface area contributed by atoms with Crippen LogP contribution in [-0.2, 0) is 10.0 Å². The minimum atomic E-state index is -3.46. The highest BCUT2D eigenvalue weighted by atomic mass is 32.2. The van der Waals surface area contributed by atoms with Gasteiger partial charge in [-0.05, 0) is 18.2 Å². The van der Waals surface area contributed by atoms with Crippen LogP contribution in [0.1, 0.15) is 0 Å². The number of aromatic nitrogens is 1. The van der Waals surface area contributed by atoms with E-state index in [1.165, 1.54) is 0 Å². The van der Waals surface area contributed by atoms with E-state index in [0.717, 1.165) is 22.4 Å². The fraction of sp³-hybridized carbons (Fsp3) is 0.286.